The van der Waals surface area contributed by atoms with Gasteiger partial charge < -0.3 is 0 Å². The molecule has 0 saturated carbocycles. The summed E-state index contributed by atoms with van der Waals surface area (Å²) in [6.07, 6.45) is 3.01. The molecule has 0 aliphatic rings. The molecule has 0 atom stereocenters. The van der Waals surface area contributed by atoms with Gasteiger partial charge in [-0.05, 0) is 23.8 Å². The average Bonchev–Trinajstić information content (AvgIpc) is 2.46. The van der Waals surface area contributed by atoms with Crippen molar-refractivity contribution in [3.8, 4) is 0 Å². The van der Waals surface area contributed by atoms with E-state index in [0.717, 1.165) is 5.56 Å². The van der Waals surface area contributed by atoms with Crippen LogP contribution in [0.25, 0.3) is 6.08 Å². The average molecular weight is 239 g/mol. The van der Waals surface area contributed by atoms with E-state index in [-0.39, 0.29) is 0 Å². The van der Waals surface area contributed by atoms with Gasteiger partial charge in [0.25, 0.3) is 5.91 Å². The highest BCUT2D eigenvalue weighted by Crippen LogP contribution is 2.06. The van der Waals surface area contributed by atoms with E-state index in [0.29, 0.717) is 10.6 Å². The number of carbonyl (C=O) groups excluding carboxylic acids is 1. The molecular weight excluding hydrogens is 226 g/mol. The maximum absolute atomic E-state index is 11.8. The molecule has 0 aliphatic carbocycles. The van der Waals surface area contributed by atoms with Crippen LogP contribution < -0.4 is 0 Å². The summed E-state index contributed by atoms with van der Waals surface area (Å²) in [5.74, 6) is -0.456. The molecule has 90 valence electrons. The van der Waals surface area contributed by atoms with Gasteiger partial charge in [0, 0.05) is 11.8 Å². The smallest absolute Gasteiger partial charge is 0.281 e. The number of hydrogen-bond acceptors (Lipinski definition) is 2. The van der Waals surface area contributed by atoms with Crippen molar-refractivity contribution in [3.05, 3.63) is 78.0 Å². The zero-order valence-electron chi connectivity index (χ0n) is 9.73. The molecule has 0 fully saturated rings. The predicted molar refractivity (Wildman–Crippen MR) is 69.9 cm³/mol. The minimum Gasteiger partial charge on any atom is -0.281 e. The van der Waals surface area contributed by atoms with Gasteiger partial charge in [-0.25, -0.2) is 0 Å². The van der Waals surface area contributed by atoms with Crippen molar-refractivity contribution in [1.29, 1.82) is 0 Å². The molecule has 0 bridgehead atoms. The Morgan fingerprint density at radius 1 is 0.944 bits per heavy atom. The molecule has 1 N–H and O–H groups in total. The number of hydrogen-bond donors (Lipinski definition) is 1. The van der Waals surface area contributed by atoms with E-state index in [1.54, 1.807) is 30.3 Å². The van der Waals surface area contributed by atoms with Crippen LogP contribution in [0.3, 0.4) is 0 Å². The number of rotatable bonds is 3. The first-order valence-corrected chi connectivity index (χ1v) is 5.58. The van der Waals surface area contributed by atoms with Crippen LogP contribution >= 0.6 is 0 Å². The maximum Gasteiger partial charge on any atom is 0.281 e. The lowest BCUT2D eigenvalue weighted by Gasteiger charge is -2.09. The van der Waals surface area contributed by atoms with Crippen LogP contribution in [0, 0.1) is 0 Å². The monoisotopic (exact) mass is 239 g/mol. The fourth-order valence-electron chi connectivity index (χ4n) is 1.50. The van der Waals surface area contributed by atoms with Crippen molar-refractivity contribution in [2.24, 2.45) is 0 Å². The van der Waals surface area contributed by atoms with Gasteiger partial charge in [0.15, 0.2) is 0 Å². The lowest BCUT2D eigenvalue weighted by atomic mass is 10.2. The Hall–Kier alpha value is -2.39. The lowest BCUT2D eigenvalue weighted by molar-refractivity contribution is -0.0195. The third-order valence-electron chi connectivity index (χ3n) is 2.44. The van der Waals surface area contributed by atoms with Gasteiger partial charge in [-0.2, -0.15) is 5.06 Å². The molecule has 3 heteroatoms. The normalized spacial score (nSPS) is 10.5. The fraction of sp³-hybridized carbons (Fsp3) is 0. The van der Waals surface area contributed by atoms with Crippen molar-refractivity contribution in [1.82, 2.24) is 5.06 Å². The summed E-state index contributed by atoms with van der Waals surface area (Å²) in [6.45, 7) is 0. The molecular formula is C15H13NO2. The standard InChI is InChI=1S/C15H13NO2/c17-15(14-9-5-2-6-10-14)16(18)12-11-13-7-3-1-4-8-13/h1-12,18H/b12-11+. The summed E-state index contributed by atoms with van der Waals surface area (Å²) in [5.41, 5.74) is 1.36. The van der Waals surface area contributed by atoms with Gasteiger partial charge in [0.05, 0.1) is 0 Å². The van der Waals surface area contributed by atoms with Gasteiger partial charge in [-0.1, -0.05) is 48.5 Å². The molecule has 3 nitrogen and oxygen atoms in total. The molecule has 0 radical (unpaired) electrons. The van der Waals surface area contributed by atoms with E-state index in [2.05, 4.69) is 0 Å². The number of hydroxylamine groups is 2. The van der Waals surface area contributed by atoms with E-state index >= 15 is 0 Å². The van der Waals surface area contributed by atoms with Crippen LogP contribution in [0.2, 0.25) is 0 Å². The van der Waals surface area contributed by atoms with Crippen molar-refractivity contribution < 1.29 is 10.0 Å². The van der Waals surface area contributed by atoms with Gasteiger partial charge >= 0.3 is 0 Å². The Bertz CT molecular complexity index is 535. The Morgan fingerprint density at radius 2 is 1.50 bits per heavy atom. The molecule has 18 heavy (non-hydrogen) atoms. The first-order chi connectivity index (χ1) is 8.77. The van der Waals surface area contributed by atoms with Crippen LogP contribution in [0.5, 0.6) is 0 Å². The number of benzene rings is 2. The second-order valence-electron chi connectivity index (χ2n) is 3.74. The number of carbonyl (C=O) groups is 1. The van der Waals surface area contributed by atoms with Gasteiger partial charge in [0.2, 0.25) is 0 Å². The topological polar surface area (TPSA) is 40.5 Å². The van der Waals surface area contributed by atoms with Crippen molar-refractivity contribution in [2.45, 2.75) is 0 Å². The van der Waals surface area contributed by atoms with Crippen LogP contribution in [-0.4, -0.2) is 16.2 Å². The minimum absolute atomic E-state index is 0.442. The Kier molecular flexibility index (Phi) is 3.89. The highest BCUT2D eigenvalue weighted by molar-refractivity contribution is 5.94. The molecule has 0 aliphatic heterocycles. The molecule has 2 aromatic rings. The van der Waals surface area contributed by atoms with Crippen LogP contribution in [-0.2, 0) is 0 Å². The first kappa shape index (κ1) is 12.1. The second kappa shape index (κ2) is 5.80. The molecule has 2 rings (SSSR count). The van der Waals surface area contributed by atoms with E-state index in [1.165, 1.54) is 6.20 Å². The van der Waals surface area contributed by atoms with Crippen LogP contribution in [0.4, 0.5) is 0 Å². The van der Waals surface area contributed by atoms with Gasteiger partial charge in [-0.3, -0.25) is 10.0 Å². The zero-order chi connectivity index (χ0) is 12.8. The summed E-state index contributed by atoms with van der Waals surface area (Å²) in [6, 6.07) is 18.1. The summed E-state index contributed by atoms with van der Waals surface area (Å²) in [5, 5.41) is 10.2. The third kappa shape index (κ3) is 3.06. The third-order valence-corrected chi connectivity index (χ3v) is 2.44. The molecule has 1 amide bonds. The molecule has 0 unspecified atom stereocenters. The highest BCUT2D eigenvalue weighted by atomic mass is 16.5. The SMILES string of the molecule is O=C(c1ccccc1)N(O)/C=C/c1ccccc1. The largest absolute Gasteiger partial charge is 0.281 e. The van der Waals surface area contributed by atoms with E-state index < -0.39 is 5.91 Å². The van der Waals surface area contributed by atoms with Gasteiger partial charge in [0.1, 0.15) is 0 Å². The quantitative estimate of drug-likeness (QED) is 0.660. The maximum atomic E-state index is 11.8. The number of amides is 1. The predicted octanol–water partition coefficient (Wildman–Crippen LogP) is 3.19. The summed E-state index contributed by atoms with van der Waals surface area (Å²) in [7, 11) is 0. The Morgan fingerprint density at radius 3 is 2.11 bits per heavy atom. The molecule has 0 saturated heterocycles. The second-order valence-corrected chi connectivity index (χ2v) is 3.74. The van der Waals surface area contributed by atoms with Crippen molar-refractivity contribution >= 4 is 12.0 Å². The molecule has 0 spiro atoms. The van der Waals surface area contributed by atoms with Crippen molar-refractivity contribution in [2.75, 3.05) is 0 Å². The van der Waals surface area contributed by atoms with Crippen LogP contribution in [0.15, 0.2) is 66.9 Å². The fourth-order valence-corrected chi connectivity index (χ4v) is 1.50. The minimum atomic E-state index is -0.456. The highest BCUT2D eigenvalue weighted by Gasteiger charge is 2.09. The molecule has 0 heterocycles. The van der Waals surface area contributed by atoms with E-state index in [1.807, 2.05) is 36.4 Å². The van der Waals surface area contributed by atoms with E-state index in [9.17, 15) is 10.0 Å². The first-order valence-electron chi connectivity index (χ1n) is 5.58. The summed E-state index contributed by atoms with van der Waals surface area (Å²) < 4.78 is 0. The molecule has 0 aromatic heterocycles. The lowest BCUT2D eigenvalue weighted by Crippen LogP contribution is -2.21. The Labute approximate surface area is 106 Å². The van der Waals surface area contributed by atoms with E-state index in [4.69, 9.17) is 0 Å². The zero-order valence-corrected chi connectivity index (χ0v) is 9.73. The summed E-state index contributed by atoms with van der Waals surface area (Å²) >= 11 is 0. The summed E-state index contributed by atoms with van der Waals surface area (Å²) in [4.78, 5) is 11.8. The Balaban J connectivity index is 2.07. The van der Waals surface area contributed by atoms with Gasteiger partial charge in [-0.15, -0.1) is 0 Å². The van der Waals surface area contributed by atoms with Crippen molar-refractivity contribution in [3.63, 3.8) is 0 Å². The number of nitrogens with zero attached hydrogens (tertiary/aromatic N) is 1. The molecule has 2 aromatic carbocycles. The van der Waals surface area contributed by atoms with Crippen LogP contribution in [0.1, 0.15) is 15.9 Å².